The van der Waals surface area contributed by atoms with Crippen LogP contribution in [0.25, 0.3) is 10.8 Å². The lowest BCUT2D eigenvalue weighted by Gasteiger charge is -2.20. The summed E-state index contributed by atoms with van der Waals surface area (Å²) in [7, 11) is 6.33. The largest absolute Gasteiger partial charge is 0.496 e. The minimum Gasteiger partial charge on any atom is -0.496 e. The Morgan fingerprint density at radius 2 is 1.42 bits per heavy atom. The second-order valence-corrected chi connectivity index (χ2v) is 5.61. The Balaban J connectivity index is 2.95. The van der Waals surface area contributed by atoms with Gasteiger partial charge < -0.3 is 24.1 Å². The molecule has 1 atom stereocenters. The van der Waals surface area contributed by atoms with Crippen LogP contribution < -0.4 is 18.9 Å². The van der Waals surface area contributed by atoms with E-state index in [4.69, 9.17) is 18.9 Å². The Bertz CT molecular complexity index is 760. The molecule has 2 rings (SSSR count). The molecule has 24 heavy (non-hydrogen) atoms. The highest BCUT2D eigenvalue weighted by atomic mass is 16.5. The van der Waals surface area contributed by atoms with Gasteiger partial charge in [0.15, 0.2) is 0 Å². The summed E-state index contributed by atoms with van der Waals surface area (Å²) in [5.41, 5.74) is 1.61. The van der Waals surface area contributed by atoms with Crippen LogP contribution in [0, 0.1) is 0 Å². The monoisotopic (exact) mass is 332 g/mol. The van der Waals surface area contributed by atoms with Crippen LogP contribution in [0.3, 0.4) is 0 Å². The molecular weight excluding hydrogens is 308 g/mol. The first-order valence-corrected chi connectivity index (χ1v) is 7.61. The van der Waals surface area contributed by atoms with Crippen molar-refractivity contribution < 1.29 is 24.1 Å². The van der Waals surface area contributed by atoms with Crippen LogP contribution in [0.1, 0.15) is 25.5 Å². The standard InChI is InChI=1S/C19H24O5/c1-11(2)9-13(20)12-10-16(23-5)17-14(21-3)7-8-15(22-4)18(17)19(12)24-6/h7-10,13,20H,1-6H3. The first-order chi connectivity index (χ1) is 11.5. The molecule has 0 radical (unpaired) electrons. The maximum Gasteiger partial charge on any atom is 0.136 e. The third kappa shape index (κ3) is 3.12. The Kier molecular flexibility index (Phi) is 5.57. The first-order valence-electron chi connectivity index (χ1n) is 7.61. The van der Waals surface area contributed by atoms with E-state index in [2.05, 4.69) is 0 Å². The number of rotatable bonds is 6. The van der Waals surface area contributed by atoms with Gasteiger partial charge in [-0.2, -0.15) is 0 Å². The molecule has 0 spiro atoms. The van der Waals surface area contributed by atoms with Crippen molar-refractivity contribution in [2.45, 2.75) is 20.0 Å². The number of aliphatic hydroxyl groups is 1. The highest BCUT2D eigenvalue weighted by molar-refractivity contribution is 6.03. The number of methoxy groups -OCH3 is 4. The van der Waals surface area contributed by atoms with E-state index in [0.717, 1.165) is 11.0 Å². The number of allylic oxidation sites excluding steroid dienone is 1. The van der Waals surface area contributed by atoms with Crippen LogP contribution in [0.4, 0.5) is 0 Å². The minimum absolute atomic E-state index is 0.534. The molecule has 0 heterocycles. The van der Waals surface area contributed by atoms with Gasteiger partial charge in [-0.25, -0.2) is 0 Å². The average Bonchev–Trinajstić information content (AvgIpc) is 2.58. The molecule has 2 aromatic carbocycles. The molecule has 2 aromatic rings. The smallest absolute Gasteiger partial charge is 0.136 e. The molecule has 0 saturated heterocycles. The second-order valence-electron chi connectivity index (χ2n) is 5.61. The molecule has 0 saturated carbocycles. The molecule has 130 valence electrons. The maximum atomic E-state index is 10.6. The predicted molar refractivity (Wildman–Crippen MR) is 94.5 cm³/mol. The van der Waals surface area contributed by atoms with E-state index in [-0.39, 0.29) is 0 Å². The summed E-state index contributed by atoms with van der Waals surface area (Å²) in [6, 6.07) is 5.39. The average molecular weight is 332 g/mol. The molecule has 1 unspecified atom stereocenters. The minimum atomic E-state index is -0.820. The van der Waals surface area contributed by atoms with Crippen LogP contribution in [0.5, 0.6) is 23.0 Å². The van der Waals surface area contributed by atoms with Gasteiger partial charge in [-0.05, 0) is 32.0 Å². The predicted octanol–water partition coefficient (Wildman–Crippen LogP) is 3.87. The summed E-state index contributed by atoms with van der Waals surface area (Å²) in [6.07, 6.45) is 0.939. The molecule has 0 fully saturated rings. The number of fused-ring (bicyclic) bond motifs is 1. The fourth-order valence-electron chi connectivity index (χ4n) is 2.80. The molecule has 5 nitrogen and oxygen atoms in total. The second kappa shape index (κ2) is 7.45. The third-order valence-corrected chi connectivity index (χ3v) is 3.82. The van der Waals surface area contributed by atoms with Gasteiger partial charge in [-0.3, -0.25) is 0 Å². The summed E-state index contributed by atoms with van der Waals surface area (Å²) in [5.74, 6) is 2.38. The maximum absolute atomic E-state index is 10.6. The Morgan fingerprint density at radius 1 is 0.875 bits per heavy atom. The lowest BCUT2D eigenvalue weighted by atomic mass is 9.98. The van der Waals surface area contributed by atoms with Crippen molar-refractivity contribution in [2.75, 3.05) is 28.4 Å². The van der Waals surface area contributed by atoms with Crippen LogP contribution in [-0.2, 0) is 0 Å². The summed E-state index contributed by atoms with van der Waals surface area (Å²) in [6.45, 7) is 3.86. The highest BCUT2D eigenvalue weighted by Crippen LogP contribution is 2.47. The lowest BCUT2D eigenvalue weighted by molar-refractivity contribution is 0.221. The molecule has 1 N–H and O–H groups in total. The van der Waals surface area contributed by atoms with Gasteiger partial charge in [0.05, 0.1) is 39.2 Å². The first kappa shape index (κ1) is 17.9. The summed E-state index contributed by atoms with van der Waals surface area (Å²) in [4.78, 5) is 0. The fourth-order valence-corrected chi connectivity index (χ4v) is 2.80. The van der Waals surface area contributed by atoms with E-state index < -0.39 is 6.10 Å². The van der Waals surface area contributed by atoms with Crippen LogP contribution in [0.15, 0.2) is 29.8 Å². The summed E-state index contributed by atoms with van der Waals surface area (Å²) < 4.78 is 22.1. The van der Waals surface area contributed by atoms with E-state index in [1.54, 1.807) is 46.6 Å². The van der Waals surface area contributed by atoms with Crippen molar-refractivity contribution in [1.82, 2.24) is 0 Å². The molecule has 0 bridgehead atoms. The zero-order valence-electron chi connectivity index (χ0n) is 15.0. The van der Waals surface area contributed by atoms with Crippen molar-refractivity contribution >= 4 is 10.8 Å². The summed E-state index contributed by atoms with van der Waals surface area (Å²) in [5, 5.41) is 12.0. The van der Waals surface area contributed by atoms with Gasteiger partial charge in [-0.1, -0.05) is 11.6 Å². The molecule has 0 aliphatic rings. The van der Waals surface area contributed by atoms with Crippen molar-refractivity contribution in [3.63, 3.8) is 0 Å². The summed E-state index contributed by atoms with van der Waals surface area (Å²) >= 11 is 0. The van der Waals surface area contributed by atoms with Crippen molar-refractivity contribution in [3.8, 4) is 23.0 Å². The lowest BCUT2D eigenvalue weighted by Crippen LogP contribution is -2.03. The van der Waals surface area contributed by atoms with Gasteiger partial charge in [0.1, 0.15) is 29.1 Å². The van der Waals surface area contributed by atoms with E-state index in [1.807, 2.05) is 19.9 Å². The van der Waals surface area contributed by atoms with Gasteiger partial charge in [0.25, 0.3) is 0 Å². The van der Waals surface area contributed by atoms with E-state index in [1.165, 1.54) is 0 Å². The quantitative estimate of drug-likeness (QED) is 0.814. The van der Waals surface area contributed by atoms with Gasteiger partial charge in [-0.15, -0.1) is 0 Å². The molecule has 0 amide bonds. The number of benzene rings is 2. The molecular formula is C19H24O5. The zero-order valence-corrected chi connectivity index (χ0v) is 15.0. The Labute approximate surface area is 142 Å². The van der Waals surface area contributed by atoms with E-state index in [0.29, 0.717) is 33.9 Å². The SMILES string of the molecule is COc1ccc(OC)c2c(OC)c(C(O)C=C(C)C)cc(OC)c12. The van der Waals surface area contributed by atoms with Crippen molar-refractivity contribution in [3.05, 3.63) is 35.4 Å². The van der Waals surface area contributed by atoms with Gasteiger partial charge in [0, 0.05) is 5.56 Å². The van der Waals surface area contributed by atoms with E-state index in [9.17, 15) is 5.11 Å². The topological polar surface area (TPSA) is 57.2 Å². The third-order valence-electron chi connectivity index (χ3n) is 3.82. The normalized spacial score (nSPS) is 11.8. The molecule has 5 heteroatoms. The van der Waals surface area contributed by atoms with Crippen molar-refractivity contribution in [2.24, 2.45) is 0 Å². The molecule has 0 aliphatic carbocycles. The van der Waals surface area contributed by atoms with Gasteiger partial charge in [0.2, 0.25) is 0 Å². The highest BCUT2D eigenvalue weighted by Gasteiger charge is 2.23. The molecule has 0 aliphatic heterocycles. The van der Waals surface area contributed by atoms with Gasteiger partial charge >= 0.3 is 0 Å². The number of ether oxygens (including phenoxy) is 4. The number of hydrogen-bond donors (Lipinski definition) is 1. The molecule has 0 aromatic heterocycles. The number of aliphatic hydroxyl groups excluding tert-OH is 1. The zero-order chi connectivity index (χ0) is 17.9. The Hall–Kier alpha value is -2.40. The van der Waals surface area contributed by atoms with Crippen molar-refractivity contribution in [1.29, 1.82) is 0 Å². The van der Waals surface area contributed by atoms with Crippen LogP contribution >= 0.6 is 0 Å². The van der Waals surface area contributed by atoms with Crippen LogP contribution in [-0.4, -0.2) is 33.5 Å². The Morgan fingerprint density at radius 3 is 1.88 bits per heavy atom. The fraction of sp³-hybridized carbons (Fsp3) is 0.368. The van der Waals surface area contributed by atoms with Crippen LogP contribution in [0.2, 0.25) is 0 Å². The van der Waals surface area contributed by atoms with E-state index >= 15 is 0 Å². The number of hydrogen-bond acceptors (Lipinski definition) is 5.